The van der Waals surface area contributed by atoms with E-state index in [-0.39, 0.29) is 12.5 Å². The Morgan fingerprint density at radius 2 is 1.89 bits per heavy atom. The molecule has 2 heterocycles. The molecule has 0 unspecified atom stereocenters. The van der Waals surface area contributed by atoms with Crippen LogP contribution in [0, 0.1) is 6.92 Å². The highest BCUT2D eigenvalue weighted by Gasteiger charge is 2.09. The second-order valence-electron chi connectivity index (χ2n) is 6.04. The van der Waals surface area contributed by atoms with E-state index >= 15 is 0 Å². The quantitative estimate of drug-likeness (QED) is 0.592. The van der Waals surface area contributed by atoms with Crippen LogP contribution < -0.4 is 10.1 Å². The number of hydrogen-bond donors (Lipinski definition) is 1. The number of nitrogens with zero attached hydrogens (tertiary/aromatic N) is 4. The van der Waals surface area contributed by atoms with Gasteiger partial charge in [0.25, 0.3) is 5.91 Å². The van der Waals surface area contributed by atoms with Crippen molar-refractivity contribution in [3.63, 3.8) is 0 Å². The molecule has 0 spiro atoms. The van der Waals surface area contributed by atoms with Crippen molar-refractivity contribution in [3.05, 3.63) is 72.9 Å². The fraction of sp³-hybridized carbons (Fsp3) is 0.100. The third-order valence-electron chi connectivity index (χ3n) is 4.01. The predicted molar refractivity (Wildman–Crippen MR) is 102 cm³/mol. The number of carbonyl (C=O) groups is 1. The van der Waals surface area contributed by atoms with Crippen LogP contribution in [0.1, 0.15) is 5.69 Å². The fourth-order valence-corrected chi connectivity index (χ4v) is 2.81. The Kier molecular flexibility index (Phi) is 4.49. The number of nitrogens with one attached hydrogen (secondary N) is 1. The summed E-state index contributed by atoms with van der Waals surface area (Å²) in [4.78, 5) is 16.8. The van der Waals surface area contributed by atoms with E-state index in [9.17, 15) is 4.79 Å². The summed E-state index contributed by atoms with van der Waals surface area (Å²) in [5, 5.41) is 11.3. The van der Waals surface area contributed by atoms with E-state index in [1.807, 2.05) is 61.5 Å². The summed E-state index contributed by atoms with van der Waals surface area (Å²) < 4.78 is 7.52. The Morgan fingerprint density at radius 1 is 1.07 bits per heavy atom. The summed E-state index contributed by atoms with van der Waals surface area (Å²) in [6, 6.07) is 16.9. The van der Waals surface area contributed by atoms with Crippen LogP contribution in [-0.2, 0) is 4.79 Å². The zero-order chi connectivity index (χ0) is 18.6. The molecule has 4 aromatic rings. The molecule has 0 aliphatic carbocycles. The van der Waals surface area contributed by atoms with Crippen LogP contribution >= 0.6 is 0 Å². The van der Waals surface area contributed by atoms with Crippen molar-refractivity contribution < 1.29 is 9.53 Å². The lowest BCUT2D eigenvalue weighted by molar-refractivity contribution is -0.118. The van der Waals surface area contributed by atoms with Gasteiger partial charge in [-0.2, -0.15) is 0 Å². The van der Waals surface area contributed by atoms with Gasteiger partial charge < -0.3 is 10.1 Å². The predicted octanol–water partition coefficient (Wildman–Crippen LogP) is 3.14. The Hall–Kier alpha value is -3.74. The fourth-order valence-electron chi connectivity index (χ4n) is 2.81. The number of aromatic nitrogens is 4. The highest BCUT2D eigenvalue weighted by atomic mass is 16.5. The van der Waals surface area contributed by atoms with Gasteiger partial charge in [0.05, 0.1) is 11.2 Å². The molecular weight excluding hydrogens is 342 g/mol. The number of ether oxygens (including phenoxy) is 1. The Morgan fingerprint density at radius 3 is 2.74 bits per heavy atom. The highest BCUT2D eigenvalue weighted by molar-refractivity contribution is 5.92. The molecule has 0 aliphatic rings. The summed E-state index contributed by atoms with van der Waals surface area (Å²) in [7, 11) is 0. The second kappa shape index (κ2) is 7.25. The molecule has 1 amide bonds. The van der Waals surface area contributed by atoms with Gasteiger partial charge in [0.15, 0.2) is 6.61 Å². The molecule has 134 valence electrons. The maximum absolute atomic E-state index is 12.3. The van der Waals surface area contributed by atoms with Crippen LogP contribution in [0.5, 0.6) is 5.75 Å². The van der Waals surface area contributed by atoms with Crippen molar-refractivity contribution in [1.82, 2.24) is 19.7 Å². The van der Waals surface area contributed by atoms with Gasteiger partial charge in [0.2, 0.25) is 0 Å². The number of amides is 1. The first-order valence-electron chi connectivity index (χ1n) is 8.43. The maximum Gasteiger partial charge on any atom is 0.262 e. The van der Waals surface area contributed by atoms with Crippen molar-refractivity contribution in [2.24, 2.45) is 0 Å². The van der Waals surface area contributed by atoms with E-state index in [1.54, 1.807) is 17.2 Å². The zero-order valence-electron chi connectivity index (χ0n) is 14.7. The van der Waals surface area contributed by atoms with Gasteiger partial charge in [-0.05, 0) is 37.3 Å². The molecule has 0 radical (unpaired) electrons. The lowest BCUT2D eigenvalue weighted by atomic mass is 10.2. The van der Waals surface area contributed by atoms with Crippen LogP contribution in [0.4, 0.5) is 5.69 Å². The number of anilines is 1. The number of hydrogen-bond acceptors (Lipinski definition) is 5. The van der Waals surface area contributed by atoms with Crippen molar-refractivity contribution >= 4 is 22.5 Å². The zero-order valence-corrected chi connectivity index (χ0v) is 14.7. The molecular formula is C20H17N5O2. The standard InChI is InChI=1S/C20H17N5O2/c1-14-9-19(17-7-2-3-8-18(17)23-14)27-11-20(26)24-15-5-4-6-16(10-15)25-12-21-22-13-25/h2-10,12-13H,11H2,1H3,(H,24,26). The Bertz CT molecular complexity index is 1090. The average molecular weight is 359 g/mol. The molecule has 7 nitrogen and oxygen atoms in total. The van der Waals surface area contributed by atoms with E-state index in [0.29, 0.717) is 11.4 Å². The summed E-state index contributed by atoms with van der Waals surface area (Å²) in [6.45, 7) is 1.81. The topological polar surface area (TPSA) is 81.9 Å². The molecule has 4 rings (SSSR count). The number of benzene rings is 2. The molecule has 0 fully saturated rings. The van der Waals surface area contributed by atoms with Crippen molar-refractivity contribution in [1.29, 1.82) is 0 Å². The molecule has 0 saturated heterocycles. The molecule has 2 aromatic heterocycles. The summed E-state index contributed by atoms with van der Waals surface area (Å²) in [5.41, 5.74) is 3.21. The molecule has 1 N–H and O–H groups in total. The van der Waals surface area contributed by atoms with Gasteiger partial charge in [-0.25, -0.2) is 0 Å². The third kappa shape index (κ3) is 3.77. The highest BCUT2D eigenvalue weighted by Crippen LogP contribution is 2.25. The van der Waals surface area contributed by atoms with Gasteiger partial charge in [0, 0.05) is 22.8 Å². The van der Waals surface area contributed by atoms with Crippen LogP contribution in [0.15, 0.2) is 67.3 Å². The summed E-state index contributed by atoms with van der Waals surface area (Å²) in [6.07, 6.45) is 3.20. The van der Waals surface area contributed by atoms with Gasteiger partial charge in [-0.3, -0.25) is 14.3 Å². The first kappa shape index (κ1) is 16.7. The Balaban J connectivity index is 1.46. The van der Waals surface area contributed by atoms with Crippen LogP contribution in [0.2, 0.25) is 0 Å². The van der Waals surface area contributed by atoms with Crippen molar-refractivity contribution in [2.45, 2.75) is 6.92 Å². The lowest BCUT2D eigenvalue weighted by Crippen LogP contribution is -2.20. The van der Waals surface area contributed by atoms with Gasteiger partial charge >= 0.3 is 0 Å². The van der Waals surface area contributed by atoms with Crippen LogP contribution in [0.25, 0.3) is 16.6 Å². The molecule has 0 aliphatic heterocycles. The molecule has 0 bridgehead atoms. The van der Waals surface area contributed by atoms with Crippen molar-refractivity contribution in [2.75, 3.05) is 11.9 Å². The molecule has 2 aromatic carbocycles. The van der Waals surface area contributed by atoms with E-state index in [0.717, 1.165) is 22.3 Å². The van der Waals surface area contributed by atoms with Gasteiger partial charge in [0.1, 0.15) is 18.4 Å². The smallest absolute Gasteiger partial charge is 0.262 e. The average Bonchev–Trinajstić information content (AvgIpc) is 3.21. The second-order valence-corrected chi connectivity index (χ2v) is 6.04. The minimum atomic E-state index is -0.241. The monoisotopic (exact) mass is 359 g/mol. The third-order valence-corrected chi connectivity index (χ3v) is 4.01. The van der Waals surface area contributed by atoms with E-state index in [4.69, 9.17) is 4.74 Å². The number of fused-ring (bicyclic) bond motifs is 1. The lowest BCUT2D eigenvalue weighted by Gasteiger charge is -2.11. The summed E-state index contributed by atoms with van der Waals surface area (Å²) in [5.74, 6) is 0.404. The minimum Gasteiger partial charge on any atom is -0.483 e. The Labute approximate surface area is 155 Å². The maximum atomic E-state index is 12.3. The van der Waals surface area contributed by atoms with Crippen molar-refractivity contribution in [3.8, 4) is 11.4 Å². The number of pyridine rings is 1. The number of carbonyl (C=O) groups excluding carboxylic acids is 1. The number of aryl methyl sites for hydroxylation is 1. The van der Waals surface area contributed by atoms with E-state index in [1.165, 1.54) is 0 Å². The molecule has 0 atom stereocenters. The van der Waals surface area contributed by atoms with Gasteiger partial charge in [-0.1, -0.05) is 18.2 Å². The molecule has 27 heavy (non-hydrogen) atoms. The molecule has 0 saturated carbocycles. The van der Waals surface area contributed by atoms with Gasteiger partial charge in [-0.15, -0.1) is 10.2 Å². The normalized spacial score (nSPS) is 10.7. The van der Waals surface area contributed by atoms with E-state index in [2.05, 4.69) is 20.5 Å². The number of para-hydroxylation sites is 1. The van der Waals surface area contributed by atoms with Crippen LogP contribution in [-0.4, -0.2) is 32.3 Å². The minimum absolute atomic E-state index is 0.0930. The van der Waals surface area contributed by atoms with E-state index < -0.39 is 0 Å². The first-order valence-corrected chi connectivity index (χ1v) is 8.43. The number of rotatable bonds is 5. The van der Waals surface area contributed by atoms with Crippen LogP contribution in [0.3, 0.4) is 0 Å². The SMILES string of the molecule is Cc1cc(OCC(=O)Nc2cccc(-n3cnnc3)c2)c2ccccc2n1. The summed E-state index contributed by atoms with van der Waals surface area (Å²) >= 11 is 0. The largest absolute Gasteiger partial charge is 0.483 e. The first-order chi connectivity index (χ1) is 13.2. The molecule has 7 heteroatoms.